The highest BCUT2D eigenvalue weighted by atomic mass is 79.9. The van der Waals surface area contributed by atoms with E-state index in [9.17, 15) is 22.8 Å². The van der Waals surface area contributed by atoms with E-state index in [1.54, 1.807) is 109 Å². The first kappa shape index (κ1) is 102. The summed E-state index contributed by atoms with van der Waals surface area (Å²) in [5.41, 5.74) is 5.87. The van der Waals surface area contributed by atoms with Crippen molar-refractivity contribution in [2.24, 2.45) is 0 Å². The molecule has 12 aromatic heterocycles. The maximum absolute atomic E-state index is 14.0. The number of hydrogen-bond acceptors (Lipinski definition) is 34. The Hall–Kier alpha value is -13.1. The highest BCUT2D eigenvalue weighted by molar-refractivity contribution is 9.10. The zero-order chi connectivity index (χ0) is 102. The molecule has 7 fully saturated rings. The van der Waals surface area contributed by atoms with Crippen LogP contribution in [-0.2, 0) is 52.6 Å². The number of amides is 2. The lowest BCUT2D eigenvalue weighted by atomic mass is 9.82. The van der Waals surface area contributed by atoms with Gasteiger partial charge in [0.05, 0.1) is 94.5 Å². The van der Waals surface area contributed by atoms with Gasteiger partial charge in [0.15, 0.2) is 17.5 Å². The monoisotopic (exact) mass is 2120 g/mol. The highest BCUT2D eigenvalue weighted by Gasteiger charge is 2.52. The van der Waals surface area contributed by atoms with Crippen LogP contribution in [0.2, 0.25) is 0 Å². The van der Waals surface area contributed by atoms with E-state index >= 15 is 0 Å². The van der Waals surface area contributed by atoms with Crippen LogP contribution in [0.5, 0.6) is 0 Å². The summed E-state index contributed by atoms with van der Waals surface area (Å²) in [4.78, 5) is 86.6. The zero-order valence-corrected chi connectivity index (χ0v) is 87.2. The topological polar surface area (TPSA) is 358 Å². The van der Waals surface area contributed by atoms with Gasteiger partial charge in [-0.15, -0.1) is 0 Å². The number of ether oxygens (including phenoxy) is 5. The van der Waals surface area contributed by atoms with E-state index in [4.69, 9.17) is 33.0 Å². The zero-order valence-electron chi connectivity index (χ0n) is 83.2. The van der Waals surface area contributed by atoms with Crippen LogP contribution in [0.25, 0.3) is 38.8 Å². The molecule has 15 aromatic rings. The van der Waals surface area contributed by atoms with E-state index in [1.165, 1.54) is 53.5 Å². The van der Waals surface area contributed by atoms with Crippen LogP contribution < -0.4 is 40.2 Å². The lowest BCUT2D eigenvalue weighted by Crippen LogP contribution is -2.48. The average molecular weight is 2130 g/mol. The molecule has 0 radical (unpaired) electrons. The first-order valence-electron chi connectivity index (χ1n) is 48.8. The van der Waals surface area contributed by atoms with Crippen LogP contribution in [-0.4, -0.2) is 310 Å². The Bertz CT molecular complexity index is 7000. The SMILES string of the molecule is CC(C)(C)OC(=O)N1CCO[C@H](Cn2cc(-c3cc4c(N5CCN(c6ncc(Sc7ccccc7F)cn6)CC5)ncnn4c3)cn2)C1.CC(C)(C)OC(=O)N1CCO[C@H](Cn2cc(B3OC(C)(C)C(C)(C)O3)cn2)C1.Fc1ccccc1Sc1cnc(N2CCN(c3ncnn4cc(-c5cnn(C[C@@H]6CNCCO6)c5)cc34)CC2)nc1.Fc1ccccc1Sc1cnc(N2CCN(c3ncnn4cc(Br)cc34)CC2)nc1. The van der Waals surface area contributed by atoms with E-state index in [0.717, 1.165) is 179 Å². The molecule has 0 saturated carbocycles. The molecule has 7 aliphatic rings. The third-order valence-electron chi connectivity index (χ3n) is 25.6. The molecule has 0 spiro atoms. The number of nitrogens with one attached hydrogen (secondary N) is 1. The molecule has 22 rings (SSSR count). The molecule has 7 aliphatic heterocycles. The molecule has 147 heavy (non-hydrogen) atoms. The van der Waals surface area contributed by atoms with Crippen LogP contribution in [0.3, 0.4) is 0 Å². The molecular weight excluding hydrogens is 2010 g/mol. The summed E-state index contributed by atoms with van der Waals surface area (Å²) in [6.45, 7) is 35.6. The minimum absolute atomic E-state index is 0.127. The Morgan fingerprint density at radius 1 is 0.415 bits per heavy atom. The number of halogens is 4. The van der Waals surface area contributed by atoms with E-state index in [2.05, 4.69) is 144 Å². The molecule has 0 aliphatic carbocycles. The number of rotatable bonds is 21. The molecule has 19 heterocycles. The van der Waals surface area contributed by atoms with Crippen LogP contribution in [0.1, 0.15) is 69.2 Å². The van der Waals surface area contributed by atoms with Crippen molar-refractivity contribution >= 4 is 128 Å². The van der Waals surface area contributed by atoms with Gasteiger partial charge in [-0.25, -0.2) is 81.2 Å². The molecule has 0 bridgehead atoms. The molecule has 1 N–H and O–H groups in total. The number of anilines is 6. The van der Waals surface area contributed by atoms with Gasteiger partial charge >= 0.3 is 19.3 Å². The van der Waals surface area contributed by atoms with Gasteiger partial charge in [-0.3, -0.25) is 14.0 Å². The average Bonchev–Trinajstić information content (AvgIpc) is 1.66. The number of benzene rings is 3. The fourth-order valence-corrected chi connectivity index (χ4v) is 20.2. The predicted octanol–water partition coefficient (Wildman–Crippen LogP) is 13.3. The number of piperazine rings is 3. The summed E-state index contributed by atoms with van der Waals surface area (Å²) >= 11 is 7.45. The Kier molecular flexibility index (Phi) is 31.6. The molecule has 7 saturated heterocycles. The minimum Gasteiger partial charge on any atom is -0.444 e. The van der Waals surface area contributed by atoms with E-state index < -0.39 is 18.3 Å². The molecule has 3 aromatic carbocycles. The Morgan fingerprint density at radius 2 is 0.762 bits per heavy atom. The summed E-state index contributed by atoms with van der Waals surface area (Å²) < 4.78 is 94.7. The van der Waals surface area contributed by atoms with Crippen molar-refractivity contribution in [1.29, 1.82) is 0 Å². The van der Waals surface area contributed by atoms with Crippen LogP contribution >= 0.6 is 51.2 Å². The summed E-state index contributed by atoms with van der Waals surface area (Å²) in [6, 6.07) is 26.3. The van der Waals surface area contributed by atoms with Crippen molar-refractivity contribution in [2.45, 2.75) is 159 Å². The Morgan fingerprint density at radius 3 is 1.14 bits per heavy atom. The van der Waals surface area contributed by atoms with Crippen LogP contribution in [0, 0.1) is 17.5 Å². The van der Waals surface area contributed by atoms with Gasteiger partial charge in [-0.2, -0.15) is 30.6 Å². The number of carbonyl (C=O) groups is 2. The van der Waals surface area contributed by atoms with Gasteiger partial charge in [-0.05, 0) is 140 Å². The normalized spacial score (nSPS) is 18.2. The van der Waals surface area contributed by atoms with Crippen LogP contribution in [0.15, 0.2) is 237 Å². The predicted molar refractivity (Wildman–Crippen MR) is 556 cm³/mol. The molecule has 39 nitrogen and oxygen atoms in total. The highest BCUT2D eigenvalue weighted by Crippen LogP contribution is 2.39. The summed E-state index contributed by atoms with van der Waals surface area (Å²) in [5.74, 6) is 3.95. The largest absolute Gasteiger partial charge is 0.498 e. The van der Waals surface area contributed by atoms with Gasteiger partial charge in [0.2, 0.25) is 17.8 Å². The van der Waals surface area contributed by atoms with Gasteiger partial charge < -0.3 is 77.5 Å². The van der Waals surface area contributed by atoms with Crippen molar-refractivity contribution in [3.8, 4) is 22.3 Å². The second-order valence-corrected chi connectivity index (χ2v) is 43.3. The van der Waals surface area contributed by atoms with E-state index in [0.29, 0.717) is 91.6 Å². The molecule has 2 amide bonds. The van der Waals surface area contributed by atoms with Gasteiger partial charge in [-0.1, -0.05) is 71.7 Å². The van der Waals surface area contributed by atoms with Crippen molar-refractivity contribution in [1.82, 2.24) is 118 Å². The van der Waals surface area contributed by atoms with Crippen molar-refractivity contribution < 1.29 is 55.8 Å². The maximum atomic E-state index is 14.0. The van der Waals surface area contributed by atoms with Gasteiger partial charge in [0.25, 0.3) is 0 Å². The fraction of sp³-hybridized carbons (Fsp3) is 0.410. The standard InChI is InChI=1S/C33H37FN10O3S.C28H29FN10OS.C20H17BrFN7S.C19H32BN3O5/c1-33(2,3)47-32(45)42-12-13-46-25(20-42)21-43-18-24(15-38-43)23-14-28-30(37-22-39-44(28)19-23)40-8-10-41(11-9-40)31-35-16-26(17-36-31)48-29-7-5-4-6-27(29)34;29-24-3-1-2-4-26(24)41-23-14-31-28(32-15-23)37-8-6-36(7-9-37)27-25-11-20(17-39(25)35-19-33-27)21-12-34-38(16-21)18-22-13-30-5-10-40-22;21-14-9-17-19(25-13-26-29(17)12-14)27-5-7-28(8-6-27)20-23-10-15(11-24-20)30-18-4-2-1-3-16(18)22;1-17(2,3)26-16(24)22-8-9-25-15(12-22)13-23-11-14(10-21-23)20-27-18(4,5)19(6,7)28-20/h4-7,14-19,22,25H,8-13,20-21H2,1-3H3;1-4,11-12,14-17,19,22,30H,5-10,13,18H2;1-4,9-13H,5-8H2;10-11,15H,8-9,12-13H2,1-7H3/t25-;22-;;15-/m00.0/s1. The van der Waals surface area contributed by atoms with Crippen LogP contribution in [0.4, 0.5) is 58.1 Å². The number of carbonyl (C=O) groups excluding carboxylic acids is 2. The smallest absolute Gasteiger partial charge is 0.444 e. The summed E-state index contributed by atoms with van der Waals surface area (Å²) in [6.07, 6.45) is 31.8. The molecule has 3 atom stereocenters. The van der Waals surface area contributed by atoms with Crippen molar-refractivity contribution in [3.05, 3.63) is 225 Å². The minimum atomic E-state index is -0.545. The molecule has 47 heteroatoms. The quantitative estimate of drug-likeness (QED) is 0.0653. The molecule has 768 valence electrons. The lowest BCUT2D eigenvalue weighted by molar-refractivity contribution is -0.0484. The Labute approximate surface area is 869 Å². The summed E-state index contributed by atoms with van der Waals surface area (Å²) in [7, 11) is -0.440. The maximum Gasteiger partial charge on any atom is 0.498 e. The lowest BCUT2D eigenvalue weighted by Gasteiger charge is -2.35. The number of nitrogens with zero attached hydrogens (tertiary/aromatic N) is 29. The number of morpholine rings is 3. The number of fused-ring (bicyclic) bond motifs is 3. The van der Waals surface area contributed by atoms with E-state index in [1.807, 2.05) is 164 Å². The third-order valence-corrected chi connectivity index (χ3v) is 29.0. The fourth-order valence-electron chi connectivity index (χ4n) is 17.5. The third kappa shape index (κ3) is 25.7. The van der Waals surface area contributed by atoms with Gasteiger partial charge in [0.1, 0.15) is 64.2 Å². The van der Waals surface area contributed by atoms with E-state index in [-0.39, 0.29) is 59.2 Å². The second kappa shape index (κ2) is 45.3. The second-order valence-electron chi connectivity index (χ2n) is 39.1. The van der Waals surface area contributed by atoms with Crippen molar-refractivity contribution in [3.63, 3.8) is 0 Å². The Balaban J connectivity index is 0.000000126. The first-order valence-corrected chi connectivity index (χ1v) is 52.0. The summed E-state index contributed by atoms with van der Waals surface area (Å²) in [5, 5.41) is 30.1. The molecule has 0 unspecified atom stereocenters. The van der Waals surface area contributed by atoms with Crippen molar-refractivity contribution in [2.75, 3.05) is 167 Å². The molecular formula is C100H115BBrF3N30O9S3. The van der Waals surface area contributed by atoms with Gasteiger partial charge in [0, 0.05) is 247 Å². The number of hydrogen-bond donors (Lipinski definition) is 1. The first-order chi connectivity index (χ1) is 70.9. The number of aromatic nitrogens is 21.